The summed E-state index contributed by atoms with van der Waals surface area (Å²) in [6.45, 7) is 2.72. The van der Waals surface area contributed by atoms with Gasteiger partial charge in [0.15, 0.2) is 0 Å². The lowest BCUT2D eigenvalue weighted by atomic mass is 10.1. The number of benzene rings is 3. The van der Waals surface area contributed by atoms with Gasteiger partial charge in [-0.3, -0.25) is 19.8 Å². The van der Waals surface area contributed by atoms with E-state index in [-0.39, 0.29) is 28.8 Å². The predicted octanol–water partition coefficient (Wildman–Crippen LogP) is 5.78. The lowest BCUT2D eigenvalue weighted by molar-refractivity contribution is -0.385. The molecular formula is C25H22ClFN4O4. The van der Waals surface area contributed by atoms with E-state index in [0.717, 1.165) is 0 Å². The maximum absolute atomic E-state index is 14.3. The number of anilines is 2. The minimum Gasteiger partial charge on any atom is -0.322 e. The summed E-state index contributed by atoms with van der Waals surface area (Å²) in [5.74, 6) is -1.01. The Morgan fingerprint density at radius 2 is 1.89 bits per heavy atom. The van der Waals surface area contributed by atoms with Gasteiger partial charge in [-0.25, -0.2) is 9.18 Å². The molecule has 0 aromatic heterocycles. The van der Waals surface area contributed by atoms with E-state index in [1.165, 1.54) is 24.3 Å². The molecule has 10 heteroatoms. The first-order chi connectivity index (χ1) is 16.7. The number of rotatable bonds is 6. The summed E-state index contributed by atoms with van der Waals surface area (Å²) in [5, 5.41) is 13.9. The van der Waals surface area contributed by atoms with Gasteiger partial charge < -0.3 is 10.2 Å². The van der Waals surface area contributed by atoms with Crippen molar-refractivity contribution in [3.63, 3.8) is 0 Å². The molecule has 4 rings (SSSR count). The summed E-state index contributed by atoms with van der Waals surface area (Å²) in [5.41, 5.74) is 1.97. The molecule has 3 aromatic rings. The second-order valence-corrected chi connectivity index (χ2v) is 8.59. The number of hydrogen-bond acceptors (Lipinski definition) is 4. The molecule has 1 aliphatic rings. The Kier molecular flexibility index (Phi) is 6.97. The third kappa shape index (κ3) is 5.25. The van der Waals surface area contributed by atoms with E-state index in [4.69, 9.17) is 11.6 Å². The van der Waals surface area contributed by atoms with E-state index in [1.54, 1.807) is 53.1 Å². The number of nitrogens with zero attached hydrogens (tertiary/aromatic N) is 3. The molecule has 180 valence electrons. The lowest BCUT2D eigenvalue weighted by Gasteiger charge is -2.35. The molecule has 1 saturated heterocycles. The normalized spacial score (nSPS) is 13.6. The number of nitrogens with one attached hydrogen (secondary N) is 1. The maximum atomic E-state index is 14.3. The molecule has 1 heterocycles. The van der Waals surface area contributed by atoms with Crippen LogP contribution in [0.5, 0.6) is 0 Å². The Morgan fingerprint density at radius 3 is 2.60 bits per heavy atom. The lowest BCUT2D eigenvalue weighted by Crippen LogP contribution is -2.49. The summed E-state index contributed by atoms with van der Waals surface area (Å²) in [6, 6.07) is 15.5. The second-order valence-electron chi connectivity index (χ2n) is 8.18. The zero-order valence-electron chi connectivity index (χ0n) is 18.8. The topological polar surface area (TPSA) is 95.8 Å². The zero-order chi connectivity index (χ0) is 25.1. The number of carbonyl (C=O) groups is 2. The van der Waals surface area contributed by atoms with Crippen molar-refractivity contribution in [3.05, 3.63) is 98.3 Å². The third-order valence-corrected chi connectivity index (χ3v) is 6.10. The molecule has 1 aliphatic heterocycles. The molecule has 1 N–H and O–H groups in total. The SMILES string of the molecule is Cc1ccc(C(=O)Nc2ccc(N3CCCN(Cc4cccc(Cl)c4F)C3=O)cc2)cc1[N+](=O)[O-]. The van der Waals surface area contributed by atoms with Crippen LogP contribution in [0.25, 0.3) is 0 Å². The number of hydrogen-bond donors (Lipinski definition) is 1. The summed E-state index contributed by atoms with van der Waals surface area (Å²) in [7, 11) is 0. The molecule has 0 aliphatic carbocycles. The van der Waals surface area contributed by atoms with Crippen molar-refractivity contribution >= 4 is 40.6 Å². The third-order valence-electron chi connectivity index (χ3n) is 5.81. The molecule has 0 radical (unpaired) electrons. The van der Waals surface area contributed by atoms with Gasteiger partial charge in [-0.05, 0) is 49.7 Å². The Morgan fingerprint density at radius 1 is 1.14 bits per heavy atom. The van der Waals surface area contributed by atoms with Crippen LogP contribution in [0, 0.1) is 22.9 Å². The van der Waals surface area contributed by atoms with Gasteiger partial charge in [0.1, 0.15) is 5.82 Å². The van der Waals surface area contributed by atoms with E-state index >= 15 is 0 Å². The Bertz CT molecular complexity index is 1300. The van der Waals surface area contributed by atoms with Crippen LogP contribution in [0.1, 0.15) is 27.9 Å². The average molecular weight is 497 g/mol. The van der Waals surface area contributed by atoms with Crippen molar-refractivity contribution in [1.82, 2.24) is 4.90 Å². The van der Waals surface area contributed by atoms with Gasteiger partial charge in [0.25, 0.3) is 11.6 Å². The number of carbonyl (C=O) groups excluding carboxylic acids is 2. The largest absolute Gasteiger partial charge is 0.324 e. The number of nitro benzene ring substituents is 1. The maximum Gasteiger partial charge on any atom is 0.324 e. The first-order valence-electron chi connectivity index (χ1n) is 10.9. The molecule has 0 bridgehead atoms. The number of amides is 3. The summed E-state index contributed by atoms with van der Waals surface area (Å²) < 4.78 is 14.3. The number of nitro groups is 1. The smallest absolute Gasteiger partial charge is 0.322 e. The Balaban J connectivity index is 1.45. The van der Waals surface area contributed by atoms with E-state index in [0.29, 0.717) is 42.0 Å². The first kappa shape index (κ1) is 24.2. The van der Waals surface area contributed by atoms with E-state index in [9.17, 15) is 24.1 Å². The fourth-order valence-corrected chi connectivity index (χ4v) is 4.11. The van der Waals surface area contributed by atoms with Crippen LogP contribution < -0.4 is 10.2 Å². The van der Waals surface area contributed by atoms with Crippen molar-refractivity contribution in [2.24, 2.45) is 0 Å². The summed E-state index contributed by atoms with van der Waals surface area (Å²) in [4.78, 5) is 39.4. The van der Waals surface area contributed by atoms with Gasteiger partial charge in [0.05, 0.1) is 16.5 Å². The van der Waals surface area contributed by atoms with Crippen molar-refractivity contribution in [3.8, 4) is 0 Å². The summed E-state index contributed by atoms with van der Waals surface area (Å²) in [6.07, 6.45) is 0.707. The van der Waals surface area contributed by atoms with Crippen LogP contribution in [0.3, 0.4) is 0 Å². The fourth-order valence-electron chi connectivity index (χ4n) is 3.92. The highest BCUT2D eigenvalue weighted by Crippen LogP contribution is 2.26. The van der Waals surface area contributed by atoms with Gasteiger partial charge in [0, 0.05) is 47.2 Å². The molecular weight excluding hydrogens is 475 g/mol. The molecule has 0 spiro atoms. The second kappa shape index (κ2) is 10.1. The molecule has 8 nitrogen and oxygen atoms in total. The highest BCUT2D eigenvalue weighted by atomic mass is 35.5. The zero-order valence-corrected chi connectivity index (χ0v) is 19.6. The van der Waals surface area contributed by atoms with Gasteiger partial charge >= 0.3 is 6.03 Å². The van der Waals surface area contributed by atoms with Crippen molar-refractivity contribution in [2.45, 2.75) is 19.9 Å². The first-order valence-corrected chi connectivity index (χ1v) is 11.3. The fraction of sp³-hybridized carbons (Fsp3) is 0.200. The highest BCUT2D eigenvalue weighted by Gasteiger charge is 2.27. The monoisotopic (exact) mass is 496 g/mol. The molecule has 0 atom stereocenters. The van der Waals surface area contributed by atoms with Gasteiger partial charge in [0.2, 0.25) is 0 Å². The predicted molar refractivity (Wildman–Crippen MR) is 131 cm³/mol. The van der Waals surface area contributed by atoms with Crippen molar-refractivity contribution in [2.75, 3.05) is 23.3 Å². The Labute approximate surface area is 206 Å². The molecule has 1 fully saturated rings. The van der Waals surface area contributed by atoms with Crippen LogP contribution >= 0.6 is 11.6 Å². The van der Waals surface area contributed by atoms with Crippen LogP contribution in [0.4, 0.5) is 26.2 Å². The number of halogens is 2. The molecule has 0 saturated carbocycles. The minimum absolute atomic E-state index is 0.0155. The molecule has 3 aromatic carbocycles. The average Bonchev–Trinajstić information content (AvgIpc) is 2.84. The minimum atomic E-state index is -0.530. The molecule has 35 heavy (non-hydrogen) atoms. The van der Waals surface area contributed by atoms with E-state index < -0.39 is 16.6 Å². The van der Waals surface area contributed by atoms with Crippen LogP contribution in [-0.2, 0) is 6.54 Å². The van der Waals surface area contributed by atoms with Crippen molar-refractivity contribution in [1.29, 1.82) is 0 Å². The number of aryl methyl sites for hydroxylation is 1. The van der Waals surface area contributed by atoms with Crippen LogP contribution in [0.2, 0.25) is 5.02 Å². The quantitative estimate of drug-likeness (QED) is 0.345. The van der Waals surface area contributed by atoms with Gasteiger partial charge in [-0.2, -0.15) is 0 Å². The van der Waals surface area contributed by atoms with Crippen LogP contribution in [-0.4, -0.2) is 34.9 Å². The molecule has 0 unspecified atom stereocenters. The van der Waals surface area contributed by atoms with Crippen molar-refractivity contribution < 1.29 is 18.9 Å². The standard InChI is InChI=1S/C25H22ClFN4O4/c1-16-6-7-17(14-22(16)31(34)35)24(32)28-19-8-10-20(11-9-19)30-13-3-12-29(25(30)33)15-18-4-2-5-21(26)23(18)27/h2,4-11,14H,3,12-13,15H2,1H3,(H,28,32). The Hall–Kier alpha value is -3.98. The van der Waals surface area contributed by atoms with E-state index in [2.05, 4.69) is 5.32 Å². The molecule has 3 amide bonds. The van der Waals surface area contributed by atoms with Crippen LogP contribution in [0.15, 0.2) is 60.7 Å². The highest BCUT2D eigenvalue weighted by molar-refractivity contribution is 6.30. The van der Waals surface area contributed by atoms with Gasteiger partial charge in [-0.1, -0.05) is 29.8 Å². The van der Waals surface area contributed by atoms with Gasteiger partial charge in [-0.15, -0.1) is 0 Å². The van der Waals surface area contributed by atoms with E-state index in [1.807, 2.05) is 0 Å². The number of urea groups is 1. The summed E-state index contributed by atoms with van der Waals surface area (Å²) >= 11 is 5.86.